The molecule has 0 bridgehead atoms. The van der Waals surface area contributed by atoms with Crippen molar-refractivity contribution in [3.63, 3.8) is 0 Å². The molecule has 19 heavy (non-hydrogen) atoms. The second-order valence-corrected chi connectivity index (χ2v) is 5.22. The lowest BCUT2D eigenvalue weighted by atomic mass is 9.66. The van der Waals surface area contributed by atoms with Crippen molar-refractivity contribution < 1.29 is 9.59 Å². The zero-order valence-electron chi connectivity index (χ0n) is 10.8. The van der Waals surface area contributed by atoms with E-state index in [0.29, 0.717) is 24.2 Å². The molecule has 0 spiro atoms. The third-order valence-corrected chi connectivity index (χ3v) is 3.84. The average molecular weight is 261 g/mol. The molecular formula is C14H19N3O2. The van der Waals surface area contributed by atoms with Crippen LogP contribution in [0, 0.1) is 5.41 Å². The zero-order chi connectivity index (χ0) is 13.9. The van der Waals surface area contributed by atoms with Gasteiger partial charge < -0.3 is 16.8 Å². The van der Waals surface area contributed by atoms with Crippen LogP contribution in [-0.2, 0) is 4.79 Å². The number of carbonyl (C=O) groups is 2. The summed E-state index contributed by atoms with van der Waals surface area (Å²) >= 11 is 0. The molecule has 5 heteroatoms. The second kappa shape index (κ2) is 5.40. The van der Waals surface area contributed by atoms with Crippen LogP contribution >= 0.6 is 0 Å². The predicted octanol–water partition coefficient (Wildman–Crippen LogP) is 1.24. The number of amides is 2. The van der Waals surface area contributed by atoms with Crippen LogP contribution in [0.25, 0.3) is 0 Å². The summed E-state index contributed by atoms with van der Waals surface area (Å²) in [6, 6.07) is 6.54. The van der Waals surface area contributed by atoms with Crippen molar-refractivity contribution in [3.8, 4) is 0 Å². The molecule has 0 aliphatic heterocycles. The Bertz CT molecular complexity index is 472. The lowest BCUT2D eigenvalue weighted by molar-refractivity contribution is -0.119. The van der Waals surface area contributed by atoms with Crippen molar-refractivity contribution in [1.82, 2.24) is 0 Å². The summed E-state index contributed by atoms with van der Waals surface area (Å²) in [6.07, 6.45) is 3.66. The molecule has 1 aliphatic carbocycles. The third-order valence-electron chi connectivity index (χ3n) is 3.84. The molecule has 1 aliphatic rings. The van der Waals surface area contributed by atoms with Gasteiger partial charge in [-0.15, -0.1) is 0 Å². The van der Waals surface area contributed by atoms with Gasteiger partial charge in [0.2, 0.25) is 11.8 Å². The van der Waals surface area contributed by atoms with E-state index in [4.69, 9.17) is 11.5 Å². The lowest BCUT2D eigenvalue weighted by Gasteiger charge is -2.40. The van der Waals surface area contributed by atoms with Crippen molar-refractivity contribution in [2.45, 2.75) is 25.7 Å². The molecule has 0 atom stereocenters. The van der Waals surface area contributed by atoms with E-state index in [1.54, 1.807) is 24.3 Å². The number of anilines is 1. The maximum absolute atomic E-state index is 11.9. The monoisotopic (exact) mass is 261 g/mol. The first-order chi connectivity index (χ1) is 9.04. The molecule has 0 unspecified atom stereocenters. The van der Waals surface area contributed by atoms with Gasteiger partial charge in [-0.2, -0.15) is 0 Å². The van der Waals surface area contributed by atoms with E-state index in [9.17, 15) is 9.59 Å². The molecule has 102 valence electrons. The number of hydrogen-bond donors (Lipinski definition) is 3. The summed E-state index contributed by atoms with van der Waals surface area (Å²) in [5, 5.41) is 2.82. The van der Waals surface area contributed by atoms with Gasteiger partial charge in [0.25, 0.3) is 0 Å². The van der Waals surface area contributed by atoms with Crippen LogP contribution in [0.15, 0.2) is 24.3 Å². The summed E-state index contributed by atoms with van der Waals surface area (Å²) in [5.74, 6) is -0.508. The highest BCUT2D eigenvalue weighted by Crippen LogP contribution is 2.43. The van der Waals surface area contributed by atoms with Crippen LogP contribution in [0.4, 0.5) is 5.69 Å². The molecule has 0 saturated heterocycles. The van der Waals surface area contributed by atoms with Gasteiger partial charge in [-0.3, -0.25) is 9.59 Å². The fourth-order valence-corrected chi connectivity index (χ4v) is 2.39. The third kappa shape index (κ3) is 3.12. The Kier molecular flexibility index (Phi) is 3.85. The van der Waals surface area contributed by atoms with E-state index < -0.39 is 5.91 Å². The largest absolute Gasteiger partial charge is 0.366 e. The summed E-state index contributed by atoms with van der Waals surface area (Å²) < 4.78 is 0. The van der Waals surface area contributed by atoms with Crippen LogP contribution in [0.2, 0.25) is 0 Å². The first kappa shape index (κ1) is 13.5. The van der Waals surface area contributed by atoms with Crippen LogP contribution in [0.5, 0.6) is 0 Å². The van der Waals surface area contributed by atoms with Crippen molar-refractivity contribution in [2.24, 2.45) is 16.9 Å². The molecule has 1 aromatic rings. The normalized spacial score (nSPS) is 16.5. The van der Waals surface area contributed by atoms with E-state index in [1.165, 1.54) is 0 Å². The quantitative estimate of drug-likeness (QED) is 0.743. The van der Waals surface area contributed by atoms with Gasteiger partial charge in [-0.25, -0.2) is 0 Å². The highest BCUT2D eigenvalue weighted by Gasteiger charge is 2.37. The number of nitrogens with one attached hydrogen (secondary N) is 1. The Balaban J connectivity index is 1.93. The van der Waals surface area contributed by atoms with Crippen LogP contribution in [-0.4, -0.2) is 18.4 Å². The van der Waals surface area contributed by atoms with Gasteiger partial charge in [0.1, 0.15) is 0 Å². The minimum atomic E-state index is -0.477. The number of nitrogens with two attached hydrogens (primary N) is 2. The number of carbonyl (C=O) groups excluding carboxylic acids is 2. The highest BCUT2D eigenvalue weighted by atomic mass is 16.2. The van der Waals surface area contributed by atoms with E-state index in [0.717, 1.165) is 19.3 Å². The Morgan fingerprint density at radius 3 is 2.26 bits per heavy atom. The molecule has 0 radical (unpaired) electrons. The molecule has 5 N–H and O–H groups in total. The minimum Gasteiger partial charge on any atom is -0.366 e. The maximum Gasteiger partial charge on any atom is 0.248 e. The molecule has 1 saturated carbocycles. The van der Waals surface area contributed by atoms with Gasteiger partial charge >= 0.3 is 0 Å². The van der Waals surface area contributed by atoms with E-state index >= 15 is 0 Å². The van der Waals surface area contributed by atoms with E-state index in [-0.39, 0.29) is 11.3 Å². The van der Waals surface area contributed by atoms with E-state index in [1.807, 2.05) is 0 Å². The standard InChI is InChI=1S/C14H19N3O2/c15-9-14(6-1-7-14)8-12(18)17-11-4-2-10(3-5-11)13(16)19/h2-5H,1,6-9,15H2,(H2,16,19)(H,17,18). The summed E-state index contributed by atoms with van der Waals surface area (Å²) in [7, 11) is 0. The molecule has 1 fully saturated rings. The molecule has 1 aromatic carbocycles. The van der Waals surface area contributed by atoms with Crippen molar-refractivity contribution in [1.29, 1.82) is 0 Å². The molecule has 0 aromatic heterocycles. The summed E-state index contributed by atoms with van der Waals surface area (Å²) in [6.45, 7) is 0.557. The summed E-state index contributed by atoms with van der Waals surface area (Å²) in [5.41, 5.74) is 12.0. The number of hydrogen-bond acceptors (Lipinski definition) is 3. The Labute approximate surface area is 112 Å². The molecule has 2 amide bonds. The Morgan fingerprint density at radius 1 is 1.21 bits per heavy atom. The predicted molar refractivity (Wildman–Crippen MR) is 73.5 cm³/mol. The zero-order valence-corrected chi connectivity index (χ0v) is 10.8. The van der Waals surface area contributed by atoms with E-state index in [2.05, 4.69) is 5.32 Å². The Hall–Kier alpha value is -1.88. The van der Waals surface area contributed by atoms with Crippen molar-refractivity contribution in [3.05, 3.63) is 29.8 Å². The second-order valence-electron chi connectivity index (χ2n) is 5.22. The molecule has 5 nitrogen and oxygen atoms in total. The van der Waals surface area contributed by atoms with Crippen molar-refractivity contribution >= 4 is 17.5 Å². The van der Waals surface area contributed by atoms with Gasteiger partial charge in [-0.1, -0.05) is 6.42 Å². The SMILES string of the molecule is NCC1(CC(=O)Nc2ccc(C(N)=O)cc2)CCC1. The van der Waals surface area contributed by atoms with Crippen molar-refractivity contribution in [2.75, 3.05) is 11.9 Å². The first-order valence-corrected chi connectivity index (χ1v) is 6.44. The minimum absolute atomic E-state index is 0.00273. The number of rotatable bonds is 5. The number of benzene rings is 1. The number of primary amides is 1. The van der Waals surface area contributed by atoms with Gasteiger partial charge in [-0.05, 0) is 49.1 Å². The highest BCUT2D eigenvalue weighted by molar-refractivity contribution is 5.94. The molecular weight excluding hydrogens is 242 g/mol. The molecule has 0 heterocycles. The fraction of sp³-hybridized carbons (Fsp3) is 0.429. The smallest absolute Gasteiger partial charge is 0.248 e. The molecule has 2 rings (SSSR count). The maximum atomic E-state index is 11.9. The summed E-state index contributed by atoms with van der Waals surface area (Å²) in [4.78, 5) is 22.9. The fourth-order valence-electron chi connectivity index (χ4n) is 2.39. The van der Waals surface area contributed by atoms with Crippen LogP contribution in [0.1, 0.15) is 36.0 Å². The lowest BCUT2D eigenvalue weighted by Crippen LogP contribution is -2.40. The first-order valence-electron chi connectivity index (χ1n) is 6.44. The van der Waals surface area contributed by atoms with Gasteiger partial charge in [0.05, 0.1) is 0 Å². The Morgan fingerprint density at radius 2 is 1.84 bits per heavy atom. The topological polar surface area (TPSA) is 98.2 Å². The van der Waals surface area contributed by atoms with Crippen LogP contribution < -0.4 is 16.8 Å². The average Bonchev–Trinajstić information content (AvgIpc) is 2.34. The van der Waals surface area contributed by atoms with Gasteiger partial charge in [0, 0.05) is 17.7 Å². The van der Waals surface area contributed by atoms with Crippen LogP contribution in [0.3, 0.4) is 0 Å². The van der Waals surface area contributed by atoms with Gasteiger partial charge in [0.15, 0.2) is 0 Å².